The third-order valence-corrected chi connectivity index (χ3v) is 3.29. The Balaban J connectivity index is 2.03. The first-order chi connectivity index (χ1) is 9.15. The Bertz CT molecular complexity index is 551. The number of carbonyl (C=O) groups excluding carboxylic acids is 1. The molecule has 0 saturated heterocycles. The molecule has 0 aliphatic heterocycles. The van der Waals surface area contributed by atoms with Gasteiger partial charge in [-0.05, 0) is 61.7 Å². The summed E-state index contributed by atoms with van der Waals surface area (Å²) in [6.07, 6.45) is 3.58. The van der Waals surface area contributed by atoms with E-state index in [9.17, 15) is 4.79 Å². The number of carbonyl (C=O) groups is 1. The van der Waals surface area contributed by atoms with Gasteiger partial charge in [0.1, 0.15) is 5.75 Å². The lowest BCUT2D eigenvalue weighted by molar-refractivity contribution is 0.104. The Labute approximate surface area is 117 Å². The van der Waals surface area contributed by atoms with Gasteiger partial charge in [0.2, 0.25) is 0 Å². The summed E-state index contributed by atoms with van der Waals surface area (Å²) in [5.74, 6) is 0.790. The number of rotatable bonds is 5. The SMILES string of the molecule is CC(C)Oc1ccc(C(=O)C=Cc2cccs2)cc1. The van der Waals surface area contributed by atoms with E-state index in [1.807, 2.05) is 49.6 Å². The molecule has 0 radical (unpaired) electrons. The molecule has 0 N–H and O–H groups in total. The molecule has 1 aromatic carbocycles. The molecule has 19 heavy (non-hydrogen) atoms. The van der Waals surface area contributed by atoms with E-state index in [1.165, 1.54) is 0 Å². The highest BCUT2D eigenvalue weighted by Gasteiger charge is 2.03. The lowest BCUT2D eigenvalue weighted by Gasteiger charge is -2.09. The molecule has 2 aromatic rings. The molecular formula is C16H16O2S. The summed E-state index contributed by atoms with van der Waals surface area (Å²) in [7, 11) is 0. The van der Waals surface area contributed by atoms with Crippen molar-refractivity contribution in [2.24, 2.45) is 0 Å². The molecule has 1 heterocycles. The fourth-order valence-corrected chi connectivity index (χ4v) is 2.23. The predicted molar refractivity (Wildman–Crippen MR) is 79.9 cm³/mol. The summed E-state index contributed by atoms with van der Waals surface area (Å²) in [5, 5.41) is 1.99. The minimum Gasteiger partial charge on any atom is -0.491 e. The molecule has 0 spiro atoms. The van der Waals surface area contributed by atoms with Gasteiger partial charge in [0, 0.05) is 10.4 Å². The first-order valence-electron chi connectivity index (χ1n) is 6.18. The summed E-state index contributed by atoms with van der Waals surface area (Å²) in [6.45, 7) is 3.95. The van der Waals surface area contributed by atoms with Crippen molar-refractivity contribution in [3.8, 4) is 5.75 Å². The smallest absolute Gasteiger partial charge is 0.185 e. The number of hydrogen-bond donors (Lipinski definition) is 0. The lowest BCUT2D eigenvalue weighted by atomic mass is 10.1. The molecule has 2 nitrogen and oxygen atoms in total. The average molecular weight is 272 g/mol. The zero-order valence-corrected chi connectivity index (χ0v) is 11.8. The summed E-state index contributed by atoms with van der Waals surface area (Å²) >= 11 is 1.61. The third-order valence-electron chi connectivity index (χ3n) is 2.45. The number of ketones is 1. The van der Waals surface area contributed by atoms with E-state index in [4.69, 9.17) is 4.74 Å². The lowest BCUT2D eigenvalue weighted by Crippen LogP contribution is -2.05. The minimum absolute atomic E-state index is 0.00416. The van der Waals surface area contributed by atoms with Crippen LogP contribution in [0.3, 0.4) is 0 Å². The van der Waals surface area contributed by atoms with Crippen LogP contribution >= 0.6 is 11.3 Å². The maximum Gasteiger partial charge on any atom is 0.185 e. The quantitative estimate of drug-likeness (QED) is 0.594. The number of allylic oxidation sites excluding steroid dienone is 1. The van der Waals surface area contributed by atoms with E-state index in [-0.39, 0.29) is 11.9 Å². The second-order valence-corrected chi connectivity index (χ2v) is 5.38. The van der Waals surface area contributed by atoms with E-state index in [0.29, 0.717) is 5.56 Å². The van der Waals surface area contributed by atoms with Crippen molar-refractivity contribution < 1.29 is 9.53 Å². The van der Waals surface area contributed by atoms with Crippen molar-refractivity contribution in [2.75, 3.05) is 0 Å². The fraction of sp³-hybridized carbons (Fsp3) is 0.188. The van der Waals surface area contributed by atoms with Gasteiger partial charge in [-0.15, -0.1) is 11.3 Å². The maximum absolute atomic E-state index is 12.0. The van der Waals surface area contributed by atoms with Gasteiger partial charge in [0.25, 0.3) is 0 Å². The Morgan fingerprint density at radius 3 is 2.53 bits per heavy atom. The maximum atomic E-state index is 12.0. The minimum atomic E-state index is 0.00416. The summed E-state index contributed by atoms with van der Waals surface area (Å²) in [6, 6.07) is 11.2. The molecular weight excluding hydrogens is 256 g/mol. The molecule has 0 amide bonds. The average Bonchev–Trinajstić information content (AvgIpc) is 2.89. The monoisotopic (exact) mass is 272 g/mol. The van der Waals surface area contributed by atoms with Crippen molar-refractivity contribution in [1.82, 2.24) is 0 Å². The van der Waals surface area contributed by atoms with Gasteiger partial charge in [-0.1, -0.05) is 6.07 Å². The molecule has 0 unspecified atom stereocenters. The van der Waals surface area contributed by atoms with Crippen LogP contribution in [0, 0.1) is 0 Å². The van der Waals surface area contributed by atoms with Crippen LogP contribution in [0.5, 0.6) is 5.75 Å². The fourth-order valence-electron chi connectivity index (χ4n) is 1.61. The van der Waals surface area contributed by atoms with Crippen LogP contribution < -0.4 is 4.74 Å². The van der Waals surface area contributed by atoms with Crippen LogP contribution in [-0.4, -0.2) is 11.9 Å². The molecule has 0 aliphatic carbocycles. The van der Waals surface area contributed by atoms with Crippen LogP contribution in [0.15, 0.2) is 47.9 Å². The molecule has 0 saturated carbocycles. The molecule has 0 bridgehead atoms. The topological polar surface area (TPSA) is 26.3 Å². The highest BCUT2D eigenvalue weighted by atomic mass is 32.1. The normalized spacial score (nSPS) is 11.1. The van der Waals surface area contributed by atoms with Crippen molar-refractivity contribution in [1.29, 1.82) is 0 Å². The van der Waals surface area contributed by atoms with E-state index >= 15 is 0 Å². The van der Waals surface area contributed by atoms with Gasteiger partial charge in [-0.2, -0.15) is 0 Å². The van der Waals surface area contributed by atoms with E-state index in [0.717, 1.165) is 10.6 Å². The molecule has 2 rings (SSSR count). The number of thiophene rings is 1. The van der Waals surface area contributed by atoms with Gasteiger partial charge in [-0.3, -0.25) is 4.79 Å². The molecule has 0 aliphatic rings. The Hall–Kier alpha value is -1.87. The highest BCUT2D eigenvalue weighted by Crippen LogP contribution is 2.15. The van der Waals surface area contributed by atoms with Crippen LogP contribution in [0.4, 0.5) is 0 Å². The first kappa shape index (κ1) is 13.6. The molecule has 1 aromatic heterocycles. The number of benzene rings is 1. The van der Waals surface area contributed by atoms with Crippen molar-refractivity contribution in [3.63, 3.8) is 0 Å². The van der Waals surface area contributed by atoms with Gasteiger partial charge in [0.05, 0.1) is 6.10 Å². The van der Waals surface area contributed by atoms with Crippen molar-refractivity contribution in [3.05, 3.63) is 58.3 Å². The number of hydrogen-bond acceptors (Lipinski definition) is 3. The van der Waals surface area contributed by atoms with Crippen LogP contribution in [0.25, 0.3) is 6.08 Å². The zero-order valence-electron chi connectivity index (χ0n) is 11.0. The Kier molecular flexibility index (Phi) is 4.53. The summed E-state index contributed by atoms with van der Waals surface area (Å²) in [4.78, 5) is 13.0. The summed E-state index contributed by atoms with van der Waals surface area (Å²) in [5.41, 5.74) is 0.670. The van der Waals surface area contributed by atoms with Gasteiger partial charge >= 0.3 is 0 Å². The Morgan fingerprint density at radius 1 is 1.21 bits per heavy atom. The van der Waals surface area contributed by atoms with E-state index in [1.54, 1.807) is 29.5 Å². The number of ether oxygens (including phenoxy) is 1. The van der Waals surface area contributed by atoms with Crippen LogP contribution in [0.2, 0.25) is 0 Å². The third kappa shape index (κ3) is 4.07. The standard InChI is InChI=1S/C16H16O2S/c1-12(2)18-14-7-5-13(6-8-14)16(17)10-9-15-4-3-11-19-15/h3-12H,1-2H3. The van der Waals surface area contributed by atoms with Crippen molar-refractivity contribution >= 4 is 23.2 Å². The second kappa shape index (κ2) is 6.34. The molecule has 98 valence electrons. The molecule has 0 atom stereocenters. The molecule has 0 fully saturated rings. The largest absolute Gasteiger partial charge is 0.491 e. The van der Waals surface area contributed by atoms with Gasteiger partial charge in [-0.25, -0.2) is 0 Å². The molecule has 3 heteroatoms. The zero-order chi connectivity index (χ0) is 13.7. The van der Waals surface area contributed by atoms with Crippen LogP contribution in [-0.2, 0) is 0 Å². The highest BCUT2D eigenvalue weighted by molar-refractivity contribution is 7.10. The van der Waals surface area contributed by atoms with E-state index in [2.05, 4.69) is 0 Å². The Morgan fingerprint density at radius 2 is 1.95 bits per heavy atom. The van der Waals surface area contributed by atoms with E-state index < -0.39 is 0 Å². The predicted octanol–water partition coefficient (Wildman–Crippen LogP) is 4.43. The van der Waals surface area contributed by atoms with Gasteiger partial charge in [0.15, 0.2) is 5.78 Å². The first-order valence-corrected chi connectivity index (χ1v) is 7.06. The summed E-state index contributed by atoms with van der Waals surface area (Å²) < 4.78 is 5.54. The van der Waals surface area contributed by atoms with Gasteiger partial charge < -0.3 is 4.74 Å². The van der Waals surface area contributed by atoms with Crippen molar-refractivity contribution in [2.45, 2.75) is 20.0 Å². The van der Waals surface area contributed by atoms with Crippen LogP contribution in [0.1, 0.15) is 29.1 Å². The second-order valence-electron chi connectivity index (χ2n) is 4.40.